The highest BCUT2D eigenvalue weighted by Gasteiger charge is 2.27. The first kappa shape index (κ1) is 17.4. The van der Waals surface area contributed by atoms with Crippen LogP contribution in [0.2, 0.25) is 0 Å². The first-order valence-corrected chi connectivity index (χ1v) is 9.09. The summed E-state index contributed by atoms with van der Waals surface area (Å²) in [6, 6.07) is 2.10. The Hall–Kier alpha value is -2.47. The fourth-order valence-corrected chi connectivity index (χ4v) is 3.92. The number of nitriles is 1. The summed E-state index contributed by atoms with van der Waals surface area (Å²) < 4.78 is 1.75. The van der Waals surface area contributed by atoms with Crippen molar-refractivity contribution < 1.29 is 4.79 Å². The van der Waals surface area contributed by atoms with Gasteiger partial charge in [0.15, 0.2) is 10.8 Å². The number of nitrogens with zero attached hydrogens (tertiary/aromatic N) is 5. The van der Waals surface area contributed by atoms with Crippen molar-refractivity contribution in [2.45, 2.75) is 39.3 Å². The minimum Gasteiger partial charge on any atom is -0.354 e. The third-order valence-corrected chi connectivity index (χ3v) is 5.27. The zero-order valence-corrected chi connectivity index (χ0v) is 15.0. The lowest BCUT2D eigenvalue weighted by Crippen LogP contribution is -2.42. The molecule has 1 saturated heterocycles. The van der Waals surface area contributed by atoms with E-state index in [1.165, 1.54) is 22.2 Å². The van der Waals surface area contributed by atoms with Gasteiger partial charge in [-0.25, -0.2) is 4.98 Å². The molecule has 0 saturated carbocycles. The molecule has 132 valence electrons. The van der Waals surface area contributed by atoms with Crippen molar-refractivity contribution in [1.29, 1.82) is 5.26 Å². The first-order valence-electron chi connectivity index (χ1n) is 8.28. The van der Waals surface area contributed by atoms with Gasteiger partial charge in [-0.15, -0.1) is 0 Å². The Labute approximate surface area is 149 Å². The molecule has 0 radical (unpaired) electrons. The Morgan fingerprint density at radius 3 is 2.84 bits per heavy atom. The Balaban J connectivity index is 1.74. The lowest BCUT2D eigenvalue weighted by molar-refractivity contribution is -0.126. The monoisotopic (exact) mass is 360 g/mol. The molecule has 2 aromatic heterocycles. The maximum absolute atomic E-state index is 12.3. The number of amides is 1. The summed E-state index contributed by atoms with van der Waals surface area (Å²) in [4.78, 5) is 35.2. The van der Waals surface area contributed by atoms with Crippen molar-refractivity contribution in [3.8, 4) is 6.07 Å². The zero-order chi connectivity index (χ0) is 18.0. The van der Waals surface area contributed by atoms with Gasteiger partial charge in [-0.2, -0.15) is 10.2 Å². The molecule has 0 aromatic carbocycles. The fourth-order valence-electron chi connectivity index (χ4n) is 2.89. The summed E-state index contributed by atoms with van der Waals surface area (Å²) in [5, 5.41) is 12.5. The third-order valence-electron chi connectivity index (χ3n) is 4.18. The smallest absolute Gasteiger partial charge is 0.274 e. The van der Waals surface area contributed by atoms with Gasteiger partial charge < -0.3 is 10.2 Å². The normalized spacial score (nSPS) is 15.5. The lowest BCUT2D eigenvalue weighted by atomic mass is 9.96. The van der Waals surface area contributed by atoms with Crippen LogP contribution < -0.4 is 15.8 Å². The molecular weight excluding hydrogens is 340 g/mol. The number of hydrogen-bond donors (Lipinski definition) is 1. The summed E-state index contributed by atoms with van der Waals surface area (Å²) in [7, 11) is 0. The zero-order valence-electron chi connectivity index (χ0n) is 14.2. The minimum atomic E-state index is -0.235. The van der Waals surface area contributed by atoms with Crippen LogP contribution in [0.25, 0.3) is 10.3 Å². The number of rotatable bonds is 4. The largest absolute Gasteiger partial charge is 0.354 e. The predicted octanol–water partition coefficient (Wildman–Crippen LogP) is 1.12. The number of thiazole rings is 1. The summed E-state index contributed by atoms with van der Waals surface area (Å²) >= 11 is 1.30. The summed E-state index contributed by atoms with van der Waals surface area (Å²) in [5.74, 6) is 0.138. The van der Waals surface area contributed by atoms with Gasteiger partial charge in [-0.3, -0.25) is 14.2 Å². The van der Waals surface area contributed by atoms with Crippen molar-refractivity contribution in [2.24, 2.45) is 5.92 Å². The average molecular weight is 360 g/mol. The molecule has 0 atom stereocenters. The van der Waals surface area contributed by atoms with E-state index in [4.69, 9.17) is 5.26 Å². The molecule has 1 aliphatic heterocycles. The van der Waals surface area contributed by atoms with Crippen LogP contribution in [-0.2, 0) is 11.3 Å². The van der Waals surface area contributed by atoms with E-state index < -0.39 is 0 Å². The number of hydrogen-bond acceptors (Lipinski definition) is 7. The van der Waals surface area contributed by atoms with Crippen molar-refractivity contribution >= 4 is 32.7 Å². The topological polar surface area (TPSA) is 104 Å². The second-order valence-electron chi connectivity index (χ2n) is 6.41. The molecule has 0 unspecified atom stereocenters. The van der Waals surface area contributed by atoms with Gasteiger partial charge in [-0.1, -0.05) is 11.3 Å². The van der Waals surface area contributed by atoms with Crippen molar-refractivity contribution in [1.82, 2.24) is 19.9 Å². The summed E-state index contributed by atoms with van der Waals surface area (Å²) in [5.41, 5.74) is 0.181. The van der Waals surface area contributed by atoms with Gasteiger partial charge in [0.2, 0.25) is 5.91 Å². The van der Waals surface area contributed by atoms with Crippen LogP contribution in [0, 0.1) is 17.2 Å². The number of carbonyl (C=O) groups excluding carboxylic acids is 1. The Morgan fingerprint density at radius 2 is 2.20 bits per heavy atom. The van der Waals surface area contributed by atoms with E-state index in [9.17, 15) is 9.59 Å². The van der Waals surface area contributed by atoms with E-state index in [1.54, 1.807) is 0 Å². The summed E-state index contributed by atoms with van der Waals surface area (Å²) in [6.07, 6.45) is 2.89. The number of fused-ring (bicyclic) bond motifs is 1. The van der Waals surface area contributed by atoms with Gasteiger partial charge in [0.1, 0.15) is 17.6 Å². The Morgan fingerprint density at radius 1 is 1.48 bits per heavy atom. The average Bonchev–Trinajstić information content (AvgIpc) is 3.02. The van der Waals surface area contributed by atoms with E-state index in [-0.39, 0.29) is 30.0 Å². The second-order valence-corrected chi connectivity index (χ2v) is 7.39. The fraction of sp³-hybridized carbons (Fsp3) is 0.562. The molecule has 9 heteroatoms. The summed E-state index contributed by atoms with van der Waals surface area (Å²) in [6.45, 7) is 5.34. The molecule has 2 aromatic rings. The van der Waals surface area contributed by atoms with E-state index in [0.717, 1.165) is 31.1 Å². The molecule has 25 heavy (non-hydrogen) atoms. The molecular formula is C16H20N6O2S. The second kappa shape index (κ2) is 7.19. The van der Waals surface area contributed by atoms with E-state index in [2.05, 4.69) is 20.2 Å². The number of aromatic nitrogens is 3. The van der Waals surface area contributed by atoms with Gasteiger partial charge in [0.25, 0.3) is 5.56 Å². The minimum absolute atomic E-state index is 0.0225. The molecule has 1 N–H and O–H groups in total. The number of nitrogens with one attached hydrogen (secondary N) is 1. The van der Waals surface area contributed by atoms with Gasteiger partial charge in [0, 0.05) is 25.0 Å². The highest BCUT2D eigenvalue weighted by atomic mass is 32.1. The lowest BCUT2D eigenvalue weighted by Gasteiger charge is -2.31. The van der Waals surface area contributed by atoms with Crippen molar-refractivity contribution in [3.05, 3.63) is 16.7 Å². The molecule has 3 rings (SSSR count). The standard InChI is InChI=1S/C16H20N6O2S/c1-10(2)19-14(23)11-3-6-21(7-4-11)16-20-13-12(25-16)15(24)22(8-5-17)9-18-13/h9-11H,3-4,6-8H2,1-2H3,(H,19,23). The molecule has 1 fully saturated rings. The molecule has 0 aliphatic carbocycles. The van der Waals surface area contributed by atoms with E-state index >= 15 is 0 Å². The quantitative estimate of drug-likeness (QED) is 0.876. The third kappa shape index (κ3) is 3.64. The number of carbonyl (C=O) groups is 1. The van der Waals surface area contributed by atoms with Crippen molar-refractivity contribution in [2.75, 3.05) is 18.0 Å². The van der Waals surface area contributed by atoms with Crippen molar-refractivity contribution in [3.63, 3.8) is 0 Å². The number of piperidine rings is 1. The van der Waals surface area contributed by atoms with E-state index in [0.29, 0.717) is 10.3 Å². The molecule has 1 amide bonds. The van der Waals surface area contributed by atoms with E-state index in [1.807, 2.05) is 19.9 Å². The van der Waals surface area contributed by atoms with Crippen LogP contribution in [0.5, 0.6) is 0 Å². The van der Waals surface area contributed by atoms with Crippen LogP contribution >= 0.6 is 11.3 Å². The van der Waals surface area contributed by atoms with Gasteiger partial charge in [0.05, 0.1) is 6.07 Å². The van der Waals surface area contributed by atoms with Crippen LogP contribution in [0.1, 0.15) is 26.7 Å². The van der Waals surface area contributed by atoms with Crippen LogP contribution in [0.4, 0.5) is 5.13 Å². The van der Waals surface area contributed by atoms with Gasteiger partial charge in [-0.05, 0) is 26.7 Å². The Kier molecular flexibility index (Phi) is 4.99. The molecule has 8 nitrogen and oxygen atoms in total. The van der Waals surface area contributed by atoms with Crippen LogP contribution in [0.15, 0.2) is 11.1 Å². The maximum atomic E-state index is 12.3. The SMILES string of the molecule is CC(C)NC(=O)C1CCN(c2nc3ncn(CC#N)c(=O)c3s2)CC1. The molecule has 0 bridgehead atoms. The Bertz CT molecular complexity index is 873. The molecule has 3 heterocycles. The number of anilines is 1. The highest BCUT2D eigenvalue weighted by Crippen LogP contribution is 2.29. The highest BCUT2D eigenvalue weighted by molar-refractivity contribution is 7.22. The molecule has 0 spiro atoms. The van der Waals surface area contributed by atoms with Crippen LogP contribution in [-0.4, -0.2) is 39.6 Å². The van der Waals surface area contributed by atoms with Gasteiger partial charge >= 0.3 is 0 Å². The molecule has 1 aliphatic rings. The first-order chi connectivity index (χ1) is 12.0. The maximum Gasteiger partial charge on any atom is 0.274 e. The van der Waals surface area contributed by atoms with Crippen LogP contribution in [0.3, 0.4) is 0 Å². The predicted molar refractivity (Wildman–Crippen MR) is 95.5 cm³/mol.